The zero-order chi connectivity index (χ0) is 12.6. The van der Waals surface area contributed by atoms with Gasteiger partial charge in [-0.05, 0) is 19.1 Å². The Balaban J connectivity index is 2.51. The lowest BCUT2D eigenvalue weighted by Crippen LogP contribution is -2.08. The summed E-state index contributed by atoms with van der Waals surface area (Å²) in [7, 11) is 1.76. The number of benzene rings is 1. The number of halogens is 2. The monoisotopic (exact) mass is 254 g/mol. The first-order valence-corrected chi connectivity index (χ1v) is 5.50. The predicted octanol–water partition coefficient (Wildman–Crippen LogP) is 2.60. The molecule has 0 fully saturated rings. The van der Waals surface area contributed by atoms with Gasteiger partial charge in [-0.1, -0.05) is 17.7 Å². The maximum atomic E-state index is 13.7. The molecule has 0 aliphatic carbocycles. The number of aromatic nitrogens is 2. The van der Waals surface area contributed by atoms with Gasteiger partial charge >= 0.3 is 0 Å². The summed E-state index contributed by atoms with van der Waals surface area (Å²) >= 11 is 5.90. The van der Waals surface area contributed by atoms with E-state index in [-0.39, 0.29) is 10.6 Å². The first-order chi connectivity index (χ1) is 8.02. The third-order valence-electron chi connectivity index (χ3n) is 2.81. The molecule has 0 aliphatic heterocycles. The van der Waals surface area contributed by atoms with Crippen molar-refractivity contribution in [2.75, 3.05) is 0 Å². The van der Waals surface area contributed by atoms with Gasteiger partial charge in [-0.3, -0.25) is 0 Å². The second-order valence-electron chi connectivity index (χ2n) is 3.83. The standard InChI is InChI=1S/C12H12ClFN2O/c1-7-15-6-10(16(7)2)12(17)11-8(13)4-3-5-9(11)14/h3-6,12,17H,1-2H3. The van der Waals surface area contributed by atoms with Gasteiger partial charge in [0.2, 0.25) is 0 Å². The highest BCUT2D eigenvalue weighted by Gasteiger charge is 2.21. The van der Waals surface area contributed by atoms with Crippen LogP contribution in [0.3, 0.4) is 0 Å². The van der Waals surface area contributed by atoms with Crippen molar-refractivity contribution in [3.8, 4) is 0 Å². The van der Waals surface area contributed by atoms with Crippen LogP contribution >= 0.6 is 11.6 Å². The summed E-state index contributed by atoms with van der Waals surface area (Å²) < 4.78 is 15.4. The highest BCUT2D eigenvalue weighted by Crippen LogP contribution is 2.30. The van der Waals surface area contributed by atoms with E-state index in [4.69, 9.17) is 11.6 Å². The normalized spacial score (nSPS) is 12.8. The summed E-state index contributed by atoms with van der Waals surface area (Å²) in [5.41, 5.74) is 0.590. The molecule has 1 unspecified atom stereocenters. The van der Waals surface area contributed by atoms with Crippen molar-refractivity contribution >= 4 is 11.6 Å². The molecule has 90 valence electrons. The topological polar surface area (TPSA) is 38.1 Å². The third-order valence-corrected chi connectivity index (χ3v) is 3.14. The molecule has 17 heavy (non-hydrogen) atoms. The minimum Gasteiger partial charge on any atom is -0.382 e. The Hall–Kier alpha value is -1.39. The maximum Gasteiger partial charge on any atom is 0.130 e. The van der Waals surface area contributed by atoms with Crippen LogP contribution < -0.4 is 0 Å². The van der Waals surface area contributed by atoms with Crippen LogP contribution in [0.25, 0.3) is 0 Å². The molecule has 2 aromatic rings. The van der Waals surface area contributed by atoms with Gasteiger partial charge in [0, 0.05) is 17.6 Å². The number of nitrogens with zero attached hydrogens (tertiary/aromatic N) is 2. The lowest BCUT2D eigenvalue weighted by atomic mass is 10.1. The van der Waals surface area contributed by atoms with Crippen molar-refractivity contribution in [3.05, 3.63) is 52.3 Å². The minimum absolute atomic E-state index is 0.0807. The largest absolute Gasteiger partial charge is 0.382 e. The number of aliphatic hydroxyl groups excluding tert-OH is 1. The number of hydrogen-bond acceptors (Lipinski definition) is 2. The fourth-order valence-electron chi connectivity index (χ4n) is 1.69. The van der Waals surface area contributed by atoms with Crippen LogP contribution in [0, 0.1) is 12.7 Å². The van der Waals surface area contributed by atoms with Crippen molar-refractivity contribution < 1.29 is 9.50 Å². The van der Waals surface area contributed by atoms with E-state index in [0.29, 0.717) is 5.69 Å². The Morgan fingerprint density at radius 3 is 2.71 bits per heavy atom. The Morgan fingerprint density at radius 1 is 1.47 bits per heavy atom. The van der Waals surface area contributed by atoms with E-state index in [2.05, 4.69) is 4.98 Å². The molecule has 1 atom stereocenters. The third kappa shape index (κ3) is 2.06. The van der Waals surface area contributed by atoms with E-state index in [0.717, 1.165) is 5.82 Å². The molecule has 3 nitrogen and oxygen atoms in total. The molecule has 0 spiro atoms. The molecule has 0 saturated heterocycles. The van der Waals surface area contributed by atoms with E-state index < -0.39 is 11.9 Å². The first kappa shape index (κ1) is 12.1. The minimum atomic E-state index is -1.12. The molecular formula is C12H12ClFN2O. The molecule has 0 radical (unpaired) electrons. The van der Waals surface area contributed by atoms with Crippen molar-refractivity contribution in [1.82, 2.24) is 9.55 Å². The quantitative estimate of drug-likeness (QED) is 0.895. The lowest BCUT2D eigenvalue weighted by Gasteiger charge is -2.14. The van der Waals surface area contributed by atoms with Gasteiger partial charge in [0.05, 0.1) is 11.9 Å². The Kier molecular flexibility index (Phi) is 3.17. The van der Waals surface area contributed by atoms with Crippen LogP contribution in [0.1, 0.15) is 23.2 Å². The Morgan fingerprint density at radius 2 is 2.18 bits per heavy atom. The summed E-state index contributed by atoms with van der Waals surface area (Å²) in [5, 5.41) is 10.4. The van der Waals surface area contributed by atoms with Crippen LogP contribution in [0.4, 0.5) is 4.39 Å². The van der Waals surface area contributed by atoms with E-state index in [9.17, 15) is 9.50 Å². The highest BCUT2D eigenvalue weighted by atomic mass is 35.5. The van der Waals surface area contributed by atoms with Crippen LogP contribution in [-0.4, -0.2) is 14.7 Å². The molecule has 2 rings (SSSR count). The molecule has 1 aromatic heterocycles. The molecule has 0 saturated carbocycles. The Bertz CT molecular complexity index is 533. The van der Waals surface area contributed by atoms with Crippen molar-refractivity contribution in [3.63, 3.8) is 0 Å². The average Bonchev–Trinajstić information content (AvgIpc) is 2.59. The summed E-state index contributed by atoms with van der Waals surface area (Å²) in [4.78, 5) is 4.06. The molecule has 1 aromatic carbocycles. The Labute approximate surface area is 103 Å². The number of imidazole rings is 1. The number of aliphatic hydroxyl groups is 1. The summed E-state index contributed by atoms with van der Waals surface area (Å²) in [6.07, 6.45) is 0.401. The van der Waals surface area contributed by atoms with Gasteiger partial charge in [-0.15, -0.1) is 0 Å². The molecule has 0 bridgehead atoms. The second kappa shape index (κ2) is 4.47. The fourth-order valence-corrected chi connectivity index (χ4v) is 1.96. The molecular weight excluding hydrogens is 243 g/mol. The van der Waals surface area contributed by atoms with Gasteiger partial charge in [0.15, 0.2) is 0 Å². The van der Waals surface area contributed by atoms with E-state index in [1.165, 1.54) is 18.3 Å². The molecule has 0 amide bonds. The van der Waals surface area contributed by atoms with Gasteiger partial charge < -0.3 is 9.67 Å². The van der Waals surface area contributed by atoms with Gasteiger partial charge in [-0.25, -0.2) is 9.37 Å². The van der Waals surface area contributed by atoms with E-state index in [1.807, 2.05) is 0 Å². The van der Waals surface area contributed by atoms with Gasteiger partial charge in [0.25, 0.3) is 0 Å². The van der Waals surface area contributed by atoms with Crippen molar-refractivity contribution in [2.45, 2.75) is 13.0 Å². The molecule has 5 heteroatoms. The molecule has 1 N–H and O–H groups in total. The highest BCUT2D eigenvalue weighted by molar-refractivity contribution is 6.31. The van der Waals surface area contributed by atoms with Crippen molar-refractivity contribution in [1.29, 1.82) is 0 Å². The van der Waals surface area contributed by atoms with Crippen LogP contribution in [-0.2, 0) is 7.05 Å². The summed E-state index contributed by atoms with van der Waals surface area (Å²) in [6.45, 7) is 1.80. The summed E-state index contributed by atoms with van der Waals surface area (Å²) in [5.74, 6) is 0.218. The van der Waals surface area contributed by atoms with Crippen LogP contribution in [0.2, 0.25) is 5.02 Å². The lowest BCUT2D eigenvalue weighted by molar-refractivity contribution is 0.206. The van der Waals surface area contributed by atoms with Gasteiger partial charge in [-0.2, -0.15) is 0 Å². The fraction of sp³-hybridized carbons (Fsp3) is 0.250. The zero-order valence-corrected chi connectivity index (χ0v) is 10.2. The smallest absolute Gasteiger partial charge is 0.130 e. The second-order valence-corrected chi connectivity index (χ2v) is 4.23. The van der Waals surface area contributed by atoms with Gasteiger partial charge in [0.1, 0.15) is 17.7 Å². The molecule has 0 aliphatic rings. The van der Waals surface area contributed by atoms with Crippen molar-refractivity contribution in [2.24, 2.45) is 7.05 Å². The zero-order valence-electron chi connectivity index (χ0n) is 9.48. The van der Waals surface area contributed by atoms with E-state index in [1.54, 1.807) is 24.6 Å². The SMILES string of the molecule is Cc1ncc(C(O)c2c(F)cccc2Cl)n1C. The average molecular weight is 255 g/mol. The number of aryl methyl sites for hydroxylation is 1. The molecule has 1 heterocycles. The van der Waals surface area contributed by atoms with Crippen LogP contribution in [0.15, 0.2) is 24.4 Å². The van der Waals surface area contributed by atoms with E-state index >= 15 is 0 Å². The number of rotatable bonds is 2. The predicted molar refractivity (Wildman–Crippen MR) is 63.4 cm³/mol. The maximum absolute atomic E-state index is 13.7. The first-order valence-electron chi connectivity index (χ1n) is 5.12. The summed E-state index contributed by atoms with van der Waals surface area (Å²) in [6, 6.07) is 4.32. The number of hydrogen-bond donors (Lipinski definition) is 1. The van der Waals surface area contributed by atoms with Crippen LogP contribution in [0.5, 0.6) is 0 Å².